The molecule has 0 spiro atoms. The van der Waals surface area contributed by atoms with Crippen LogP contribution in [0.4, 0.5) is 5.69 Å². The van der Waals surface area contributed by atoms with E-state index in [0.717, 1.165) is 11.8 Å². The standard InChI is InChI=1S/C18H16ClN3O3S/c1-2-15(16(23)20-14-11-7-6-10-13(14)19)26-17-18(24)25-21-22(17)12-8-4-3-5-9-12/h3-11,15H,2H2,1H3,(H-,20,21,23,24). The third-order valence-corrected chi connectivity index (χ3v) is 5.35. The Morgan fingerprint density at radius 2 is 1.96 bits per heavy atom. The molecule has 3 aromatic rings. The summed E-state index contributed by atoms with van der Waals surface area (Å²) < 4.78 is 6.20. The Morgan fingerprint density at radius 3 is 2.65 bits per heavy atom. The second-order valence-corrected chi connectivity index (χ2v) is 7.00. The molecule has 1 amide bonds. The molecule has 1 unspecified atom stereocenters. The Labute approximate surface area is 159 Å². The van der Waals surface area contributed by atoms with Crippen LogP contribution in [0.3, 0.4) is 0 Å². The number of benzene rings is 2. The molecule has 0 saturated carbocycles. The minimum atomic E-state index is -0.581. The fraction of sp³-hybridized carbons (Fsp3) is 0.167. The van der Waals surface area contributed by atoms with Crippen LogP contribution in [0.25, 0.3) is 5.69 Å². The molecule has 1 atom stereocenters. The van der Waals surface area contributed by atoms with Crippen LogP contribution in [-0.2, 0) is 4.79 Å². The van der Waals surface area contributed by atoms with Crippen LogP contribution >= 0.6 is 23.4 Å². The molecule has 0 aliphatic rings. The maximum atomic E-state index is 12.6. The predicted octanol–water partition coefficient (Wildman–Crippen LogP) is 3.19. The van der Waals surface area contributed by atoms with E-state index in [9.17, 15) is 9.90 Å². The third-order valence-electron chi connectivity index (χ3n) is 3.62. The monoisotopic (exact) mass is 389 g/mol. The second kappa shape index (κ2) is 8.25. The average molecular weight is 390 g/mol. The lowest BCUT2D eigenvalue weighted by Gasteiger charge is -2.13. The number of amides is 1. The molecule has 0 bridgehead atoms. The highest BCUT2D eigenvalue weighted by atomic mass is 35.5. The van der Waals surface area contributed by atoms with E-state index in [4.69, 9.17) is 16.1 Å². The van der Waals surface area contributed by atoms with Gasteiger partial charge in [-0.2, -0.15) is 0 Å². The van der Waals surface area contributed by atoms with E-state index in [1.165, 1.54) is 4.68 Å². The quantitative estimate of drug-likeness (QED) is 0.517. The Hall–Kier alpha value is -2.51. The molecule has 8 heteroatoms. The Kier molecular flexibility index (Phi) is 5.80. The molecule has 2 aromatic carbocycles. The zero-order chi connectivity index (χ0) is 18.5. The molecule has 0 fully saturated rings. The van der Waals surface area contributed by atoms with Crippen LogP contribution in [-0.4, -0.2) is 16.4 Å². The number of nitrogens with zero attached hydrogens (tertiary/aromatic N) is 2. The van der Waals surface area contributed by atoms with E-state index in [2.05, 4.69) is 10.6 Å². The molecule has 0 saturated heterocycles. The number of carbonyl (C=O) groups excluding carboxylic acids is 1. The van der Waals surface area contributed by atoms with Crippen molar-refractivity contribution in [2.24, 2.45) is 0 Å². The molecule has 134 valence electrons. The van der Waals surface area contributed by atoms with E-state index >= 15 is 0 Å². The molecule has 1 N–H and O–H groups in total. The summed E-state index contributed by atoms with van der Waals surface area (Å²) in [6, 6.07) is 16.1. The zero-order valence-electron chi connectivity index (χ0n) is 13.9. The molecule has 3 rings (SSSR count). The first kappa shape index (κ1) is 18.3. The number of thioether (sulfide) groups is 1. The highest BCUT2D eigenvalue weighted by Gasteiger charge is 2.28. The highest BCUT2D eigenvalue weighted by Crippen LogP contribution is 2.30. The van der Waals surface area contributed by atoms with Crippen molar-refractivity contribution in [2.45, 2.75) is 23.6 Å². The number of halogens is 1. The van der Waals surface area contributed by atoms with E-state index in [0.29, 0.717) is 22.8 Å². The molecule has 6 nitrogen and oxygen atoms in total. The van der Waals surface area contributed by atoms with E-state index in [1.54, 1.807) is 36.4 Å². The van der Waals surface area contributed by atoms with Crippen molar-refractivity contribution in [3.63, 3.8) is 0 Å². The van der Waals surface area contributed by atoms with Gasteiger partial charge in [0.15, 0.2) is 5.95 Å². The molecule has 1 heterocycles. The molecule has 26 heavy (non-hydrogen) atoms. The van der Waals surface area contributed by atoms with Gasteiger partial charge in [-0.1, -0.05) is 48.9 Å². The van der Waals surface area contributed by atoms with Gasteiger partial charge in [0.1, 0.15) is 0 Å². The van der Waals surface area contributed by atoms with Gasteiger partial charge in [0.25, 0.3) is 5.03 Å². The second-order valence-electron chi connectivity index (χ2n) is 5.40. The fourth-order valence-corrected chi connectivity index (χ4v) is 3.46. The molecular formula is C18H16ClN3O3S. The lowest BCUT2D eigenvalue weighted by molar-refractivity contribution is -0.705. The van der Waals surface area contributed by atoms with Crippen LogP contribution in [0.2, 0.25) is 5.02 Å². The van der Waals surface area contributed by atoms with Crippen molar-refractivity contribution in [1.82, 2.24) is 5.27 Å². The third kappa shape index (κ3) is 4.00. The average Bonchev–Trinajstić information content (AvgIpc) is 3.02. The summed E-state index contributed by atoms with van der Waals surface area (Å²) in [5, 5.41) is 18.9. The topological polar surface area (TPSA) is 82.1 Å². The van der Waals surface area contributed by atoms with Crippen LogP contribution < -0.4 is 15.1 Å². The van der Waals surface area contributed by atoms with Gasteiger partial charge in [0, 0.05) is 12.1 Å². The van der Waals surface area contributed by atoms with E-state index in [-0.39, 0.29) is 10.9 Å². The van der Waals surface area contributed by atoms with Crippen molar-refractivity contribution < 1.29 is 19.1 Å². The maximum Gasteiger partial charge on any atom is 0.298 e. The normalized spacial score (nSPS) is 11.9. The van der Waals surface area contributed by atoms with Crippen molar-refractivity contribution in [1.29, 1.82) is 0 Å². The minimum absolute atomic E-state index is 0.245. The molecule has 0 radical (unpaired) electrons. The van der Waals surface area contributed by atoms with Gasteiger partial charge in [0.05, 0.1) is 21.2 Å². The van der Waals surface area contributed by atoms with E-state index < -0.39 is 11.2 Å². The highest BCUT2D eigenvalue weighted by molar-refractivity contribution is 8.00. The number of hydrogen-bond donors (Lipinski definition) is 1. The molecule has 1 aromatic heterocycles. The Balaban J connectivity index is 1.82. The summed E-state index contributed by atoms with van der Waals surface area (Å²) >= 11 is 7.20. The van der Waals surface area contributed by atoms with Crippen LogP contribution in [0.5, 0.6) is 5.95 Å². The van der Waals surface area contributed by atoms with Gasteiger partial charge < -0.3 is 14.9 Å². The summed E-state index contributed by atoms with van der Waals surface area (Å²) in [4.78, 5) is 12.6. The number of nitrogens with one attached hydrogen (secondary N) is 1. The number of rotatable bonds is 6. The first-order valence-electron chi connectivity index (χ1n) is 7.96. The minimum Gasteiger partial charge on any atom is -0.538 e. The van der Waals surface area contributed by atoms with Gasteiger partial charge in [-0.25, -0.2) is 0 Å². The Morgan fingerprint density at radius 1 is 1.27 bits per heavy atom. The van der Waals surface area contributed by atoms with Gasteiger partial charge in [-0.15, -0.1) is 0 Å². The number of para-hydroxylation sites is 2. The number of carbonyl (C=O) groups is 1. The predicted molar refractivity (Wildman–Crippen MR) is 97.5 cm³/mol. The maximum absolute atomic E-state index is 12.6. The first-order valence-corrected chi connectivity index (χ1v) is 9.22. The van der Waals surface area contributed by atoms with Gasteiger partial charge in [-0.05, 0) is 35.0 Å². The van der Waals surface area contributed by atoms with E-state index in [1.807, 2.05) is 25.1 Å². The van der Waals surface area contributed by atoms with Gasteiger partial charge in [-0.3, -0.25) is 4.79 Å². The fourth-order valence-electron chi connectivity index (χ4n) is 2.30. The summed E-state index contributed by atoms with van der Waals surface area (Å²) in [6.07, 6.45) is 0.514. The lowest BCUT2D eigenvalue weighted by Crippen LogP contribution is -2.36. The number of aromatic nitrogens is 2. The number of anilines is 1. The van der Waals surface area contributed by atoms with Crippen LogP contribution in [0.1, 0.15) is 13.3 Å². The lowest BCUT2D eigenvalue weighted by atomic mass is 10.2. The van der Waals surface area contributed by atoms with Crippen molar-refractivity contribution in [2.75, 3.05) is 5.32 Å². The van der Waals surface area contributed by atoms with Crippen molar-refractivity contribution in [3.05, 3.63) is 59.6 Å². The number of hydrogen-bond acceptors (Lipinski definition) is 5. The molecular weight excluding hydrogens is 374 g/mol. The summed E-state index contributed by atoms with van der Waals surface area (Å²) in [6.45, 7) is 1.87. The molecule has 0 aliphatic heterocycles. The van der Waals surface area contributed by atoms with Gasteiger partial charge in [0.2, 0.25) is 11.6 Å². The smallest absolute Gasteiger partial charge is 0.298 e. The van der Waals surface area contributed by atoms with Crippen molar-refractivity contribution >= 4 is 35.0 Å². The zero-order valence-corrected chi connectivity index (χ0v) is 15.5. The van der Waals surface area contributed by atoms with Crippen LogP contribution in [0, 0.1) is 0 Å². The van der Waals surface area contributed by atoms with Crippen molar-refractivity contribution in [3.8, 4) is 11.6 Å². The SMILES string of the molecule is CCC(Sc1c([O-])on[n+]1-c1ccccc1)C(=O)Nc1ccccc1Cl. The Bertz CT molecular complexity index is 902. The largest absolute Gasteiger partial charge is 0.538 e. The summed E-state index contributed by atoms with van der Waals surface area (Å²) in [7, 11) is 0. The first-order chi connectivity index (χ1) is 12.6. The summed E-state index contributed by atoms with van der Waals surface area (Å²) in [5.74, 6) is -0.825. The molecule has 0 aliphatic carbocycles. The van der Waals surface area contributed by atoms with Gasteiger partial charge >= 0.3 is 0 Å². The van der Waals surface area contributed by atoms with Crippen LogP contribution in [0.15, 0.2) is 64.1 Å². The summed E-state index contributed by atoms with van der Waals surface area (Å²) in [5.41, 5.74) is 1.21.